The lowest BCUT2D eigenvalue weighted by atomic mass is 9.58. The first kappa shape index (κ1) is 44.0. The van der Waals surface area contributed by atoms with Crippen LogP contribution in [0, 0.1) is 59.2 Å². The molecule has 6 heteroatoms. The van der Waals surface area contributed by atoms with E-state index in [-0.39, 0.29) is 36.5 Å². The third kappa shape index (κ3) is 14.7. The van der Waals surface area contributed by atoms with Crippen LogP contribution >= 0.6 is 0 Å². The summed E-state index contributed by atoms with van der Waals surface area (Å²) in [5.41, 5.74) is 0.447. The molecule has 3 fully saturated rings. The van der Waals surface area contributed by atoms with E-state index >= 15 is 0 Å². The lowest BCUT2D eigenvalue weighted by Gasteiger charge is -2.49. The van der Waals surface area contributed by atoms with Crippen LogP contribution in [-0.2, 0) is 23.8 Å². The highest BCUT2D eigenvalue weighted by Gasteiger charge is 2.44. The monoisotopic (exact) mass is 717 g/mol. The molecular formula is C45H80O6. The van der Waals surface area contributed by atoms with Crippen molar-refractivity contribution in [3.63, 3.8) is 0 Å². The van der Waals surface area contributed by atoms with Crippen molar-refractivity contribution in [1.29, 1.82) is 0 Å². The summed E-state index contributed by atoms with van der Waals surface area (Å²) >= 11 is 0. The van der Waals surface area contributed by atoms with E-state index in [0.717, 1.165) is 68.1 Å². The Hall–Kier alpha value is -1.40. The normalized spacial score (nSPS) is 30.5. The number of carbonyl (C=O) groups is 2. The maximum Gasteiger partial charge on any atom is 0.333 e. The van der Waals surface area contributed by atoms with E-state index in [1.807, 2.05) is 13.8 Å². The van der Waals surface area contributed by atoms with Gasteiger partial charge in [0.25, 0.3) is 0 Å². The molecule has 8 atom stereocenters. The number of unbranched alkanes of at least 4 members (excludes halogenated alkanes) is 2. The van der Waals surface area contributed by atoms with E-state index in [4.69, 9.17) is 14.2 Å². The molecule has 0 aromatic heterocycles. The Labute approximate surface area is 314 Å². The number of ether oxygens (including phenoxy) is 3. The molecule has 6 nitrogen and oxygen atoms in total. The van der Waals surface area contributed by atoms with Crippen LogP contribution in [0.15, 0.2) is 12.2 Å². The minimum absolute atomic E-state index is 0.108. The van der Waals surface area contributed by atoms with Crippen LogP contribution in [0.25, 0.3) is 0 Å². The Bertz CT molecular complexity index is 981. The van der Waals surface area contributed by atoms with Gasteiger partial charge in [-0.3, -0.25) is 4.79 Å². The standard InChI is InChI=1S/C45H80O6/c1-8-11-12-15-35-18-20-37(21-19-35)38-22-23-42(36(10-3)28-38)41-29-39(16-13-25-50-44(47)32(4)5)43(49-27-24-34(9-2)31-46)40(30-41)17-14-26-51-45(48)33(6)7/h33-43,46H,4,8-31H2,1-3,5-7H3. The molecule has 3 rings (SSSR count). The zero-order valence-corrected chi connectivity index (χ0v) is 34.0. The Morgan fingerprint density at radius 3 is 1.94 bits per heavy atom. The molecule has 0 aromatic rings. The number of rotatable bonds is 23. The van der Waals surface area contributed by atoms with Crippen molar-refractivity contribution in [2.24, 2.45) is 59.2 Å². The van der Waals surface area contributed by atoms with Crippen molar-refractivity contribution in [3.8, 4) is 0 Å². The molecule has 0 saturated heterocycles. The Kier molecular flexibility index (Phi) is 20.8. The molecule has 0 heterocycles. The number of aliphatic hydroxyl groups is 1. The third-order valence-corrected chi connectivity index (χ3v) is 13.5. The van der Waals surface area contributed by atoms with Crippen LogP contribution in [0.3, 0.4) is 0 Å². The van der Waals surface area contributed by atoms with E-state index in [1.165, 1.54) is 89.9 Å². The average Bonchev–Trinajstić information content (AvgIpc) is 3.13. The van der Waals surface area contributed by atoms with E-state index in [1.54, 1.807) is 6.92 Å². The van der Waals surface area contributed by atoms with Gasteiger partial charge in [0.05, 0.1) is 25.2 Å². The molecule has 0 amide bonds. The second-order valence-corrected chi connectivity index (χ2v) is 17.5. The molecule has 8 unspecified atom stereocenters. The number of carbonyl (C=O) groups excluding carboxylic acids is 2. The largest absolute Gasteiger partial charge is 0.465 e. The quantitative estimate of drug-likeness (QED) is 0.0644. The number of aliphatic hydroxyl groups excluding tert-OH is 1. The van der Waals surface area contributed by atoms with Gasteiger partial charge in [-0.1, -0.05) is 92.6 Å². The summed E-state index contributed by atoms with van der Waals surface area (Å²) in [6, 6.07) is 0. The summed E-state index contributed by atoms with van der Waals surface area (Å²) < 4.78 is 18.0. The summed E-state index contributed by atoms with van der Waals surface area (Å²) in [7, 11) is 0. The Morgan fingerprint density at radius 2 is 1.37 bits per heavy atom. The highest BCUT2D eigenvalue weighted by molar-refractivity contribution is 5.86. The molecule has 0 spiro atoms. The van der Waals surface area contributed by atoms with Crippen molar-refractivity contribution < 1.29 is 28.9 Å². The second-order valence-electron chi connectivity index (χ2n) is 17.5. The average molecular weight is 717 g/mol. The summed E-state index contributed by atoms with van der Waals surface area (Å²) in [4.78, 5) is 24.4. The number of hydrogen-bond donors (Lipinski definition) is 1. The first-order valence-electron chi connectivity index (χ1n) is 21.8. The lowest BCUT2D eigenvalue weighted by Crippen LogP contribution is -2.44. The fourth-order valence-corrected chi connectivity index (χ4v) is 10.3. The molecule has 51 heavy (non-hydrogen) atoms. The van der Waals surface area contributed by atoms with Crippen molar-refractivity contribution in [3.05, 3.63) is 12.2 Å². The van der Waals surface area contributed by atoms with Gasteiger partial charge in [0, 0.05) is 18.8 Å². The number of hydrogen-bond acceptors (Lipinski definition) is 6. The predicted molar refractivity (Wildman–Crippen MR) is 209 cm³/mol. The zero-order valence-electron chi connectivity index (χ0n) is 34.0. The molecule has 0 aromatic carbocycles. The summed E-state index contributed by atoms with van der Waals surface area (Å²) in [5, 5.41) is 9.86. The molecule has 0 radical (unpaired) electrons. The Balaban J connectivity index is 1.72. The Morgan fingerprint density at radius 1 is 0.745 bits per heavy atom. The van der Waals surface area contributed by atoms with Crippen LogP contribution in [0.5, 0.6) is 0 Å². The van der Waals surface area contributed by atoms with Crippen molar-refractivity contribution in [2.45, 2.75) is 176 Å². The van der Waals surface area contributed by atoms with Crippen LogP contribution in [0.1, 0.15) is 170 Å². The SMILES string of the molecule is C=C(C)C(=O)OCCCC1CC(C2CCC(C3CCC(CCCCC)CC3)CC2CC)CC(CCCOC(=O)C(C)C)C1OCCC(CC)CO. The maximum absolute atomic E-state index is 12.2. The van der Waals surface area contributed by atoms with Crippen LogP contribution < -0.4 is 0 Å². The van der Waals surface area contributed by atoms with Crippen molar-refractivity contribution in [2.75, 3.05) is 26.4 Å². The van der Waals surface area contributed by atoms with Gasteiger partial charge in [-0.15, -0.1) is 0 Å². The van der Waals surface area contributed by atoms with E-state index in [2.05, 4.69) is 27.4 Å². The molecule has 0 bridgehead atoms. The highest BCUT2D eigenvalue weighted by Crippen LogP contribution is 2.52. The molecule has 3 saturated carbocycles. The smallest absolute Gasteiger partial charge is 0.333 e. The second kappa shape index (κ2) is 24.1. The summed E-state index contributed by atoms with van der Waals surface area (Å²) in [5.74, 6) is 5.63. The molecule has 1 N–H and O–H groups in total. The molecule has 3 aliphatic rings. The number of esters is 2. The van der Waals surface area contributed by atoms with Gasteiger partial charge in [-0.05, 0) is 137 Å². The molecule has 296 valence electrons. The van der Waals surface area contributed by atoms with Gasteiger partial charge in [0.1, 0.15) is 0 Å². The van der Waals surface area contributed by atoms with Gasteiger partial charge in [-0.2, -0.15) is 0 Å². The predicted octanol–water partition coefficient (Wildman–Crippen LogP) is 11.1. The van der Waals surface area contributed by atoms with E-state index < -0.39 is 0 Å². The fraction of sp³-hybridized carbons (Fsp3) is 0.911. The van der Waals surface area contributed by atoms with Gasteiger partial charge in [-0.25, -0.2) is 4.79 Å². The first-order chi connectivity index (χ1) is 24.6. The van der Waals surface area contributed by atoms with Gasteiger partial charge in [0.15, 0.2) is 0 Å². The fourth-order valence-electron chi connectivity index (χ4n) is 10.3. The van der Waals surface area contributed by atoms with E-state index in [0.29, 0.717) is 43.1 Å². The van der Waals surface area contributed by atoms with E-state index in [9.17, 15) is 14.7 Å². The third-order valence-electron chi connectivity index (χ3n) is 13.5. The summed E-state index contributed by atoms with van der Waals surface area (Å²) in [6.45, 7) is 17.9. The first-order valence-corrected chi connectivity index (χ1v) is 21.8. The van der Waals surface area contributed by atoms with Crippen molar-refractivity contribution in [1.82, 2.24) is 0 Å². The van der Waals surface area contributed by atoms with Gasteiger partial charge >= 0.3 is 11.9 Å². The topological polar surface area (TPSA) is 82.1 Å². The van der Waals surface area contributed by atoms with Crippen LogP contribution in [0.4, 0.5) is 0 Å². The highest BCUT2D eigenvalue weighted by atomic mass is 16.5. The summed E-state index contributed by atoms with van der Waals surface area (Å²) in [6.07, 6.45) is 24.9. The van der Waals surface area contributed by atoms with Gasteiger partial charge in [0.2, 0.25) is 0 Å². The van der Waals surface area contributed by atoms with Gasteiger partial charge < -0.3 is 19.3 Å². The molecule has 3 aliphatic carbocycles. The zero-order chi connectivity index (χ0) is 37.2. The minimum atomic E-state index is -0.305. The van der Waals surface area contributed by atoms with Crippen molar-refractivity contribution >= 4 is 11.9 Å². The maximum atomic E-state index is 12.2. The van der Waals surface area contributed by atoms with Crippen LogP contribution in [-0.4, -0.2) is 49.6 Å². The minimum Gasteiger partial charge on any atom is -0.465 e. The van der Waals surface area contributed by atoms with Crippen LogP contribution in [0.2, 0.25) is 0 Å². The molecule has 0 aliphatic heterocycles. The molecular weight excluding hydrogens is 636 g/mol. The lowest BCUT2D eigenvalue weighted by molar-refractivity contribution is -0.147.